The molecule has 0 N–H and O–H groups in total. The first-order valence-electron chi connectivity index (χ1n) is 7.40. The molecular formula is C18H15NO3S. The van der Waals surface area contributed by atoms with Gasteiger partial charge in [0.1, 0.15) is 12.4 Å². The van der Waals surface area contributed by atoms with Crippen molar-refractivity contribution in [1.29, 1.82) is 0 Å². The molecule has 1 heterocycles. The van der Waals surface area contributed by atoms with Crippen molar-refractivity contribution >= 4 is 26.5 Å². The largest absolute Gasteiger partial charge is 0.492 e. The molecule has 1 aliphatic heterocycles. The van der Waals surface area contributed by atoms with Crippen molar-refractivity contribution in [1.82, 2.24) is 0 Å². The van der Waals surface area contributed by atoms with Crippen LogP contribution in [-0.4, -0.2) is 21.6 Å². The molecule has 0 spiro atoms. The van der Waals surface area contributed by atoms with Crippen LogP contribution < -0.4 is 9.04 Å². The van der Waals surface area contributed by atoms with Gasteiger partial charge in [0.15, 0.2) is 0 Å². The smallest absolute Gasteiger partial charge is 0.265 e. The summed E-state index contributed by atoms with van der Waals surface area (Å²) in [5.41, 5.74) is 0.731. The van der Waals surface area contributed by atoms with Gasteiger partial charge in [-0.3, -0.25) is 4.31 Å². The first-order chi connectivity index (χ1) is 11.2. The number of nitrogens with zero attached hydrogens (tertiary/aromatic N) is 1. The van der Waals surface area contributed by atoms with E-state index in [0.29, 0.717) is 11.5 Å². The van der Waals surface area contributed by atoms with Crippen LogP contribution in [0.25, 0.3) is 10.8 Å². The Labute approximate surface area is 135 Å². The minimum atomic E-state index is -3.50. The highest BCUT2D eigenvalue weighted by molar-refractivity contribution is 7.93. The van der Waals surface area contributed by atoms with Crippen LogP contribution in [0.4, 0.5) is 5.69 Å². The van der Waals surface area contributed by atoms with Crippen LogP contribution in [0.5, 0.6) is 5.75 Å². The van der Waals surface area contributed by atoms with E-state index < -0.39 is 10.0 Å². The topological polar surface area (TPSA) is 46.6 Å². The summed E-state index contributed by atoms with van der Waals surface area (Å²) in [6, 6.07) is 20.4. The lowest BCUT2D eigenvalue weighted by atomic mass is 10.1. The molecule has 0 atom stereocenters. The lowest BCUT2D eigenvalue weighted by molar-refractivity contribution is 0.329. The first kappa shape index (κ1) is 14.1. The monoisotopic (exact) mass is 325 g/mol. The van der Waals surface area contributed by atoms with E-state index in [0.717, 1.165) is 22.2 Å². The zero-order chi connectivity index (χ0) is 15.9. The van der Waals surface area contributed by atoms with Gasteiger partial charge in [0.05, 0.1) is 17.1 Å². The van der Waals surface area contributed by atoms with Gasteiger partial charge in [0, 0.05) is 5.39 Å². The number of ether oxygens (including phenoxy) is 1. The van der Waals surface area contributed by atoms with Crippen molar-refractivity contribution in [3.05, 3.63) is 66.7 Å². The van der Waals surface area contributed by atoms with Crippen molar-refractivity contribution < 1.29 is 13.2 Å². The summed E-state index contributed by atoms with van der Waals surface area (Å²) in [5, 5.41) is 1.74. The van der Waals surface area contributed by atoms with Gasteiger partial charge in [-0.15, -0.1) is 0 Å². The van der Waals surface area contributed by atoms with Gasteiger partial charge in [0.2, 0.25) is 0 Å². The fraction of sp³-hybridized carbons (Fsp3) is 0.111. The molecule has 0 bridgehead atoms. The van der Waals surface area contributed by atoms with Crippen LogP contribution in [0.3, 0.4) is 0 Å². The molecule has 0 saturated carbocycles. The maximum absolute atomic E-state index is 12.8. The molecule has 5 heteroatoms. The Hall–Kier alpha value is -2.53. The van der Waals surface area contributed by atoms with Crippen LogP contribution in [-0.2, 0) is 10.0 Å². The second-order valence-electron chi connectivity index (χ2n) is 5.37. The van der Waals surface area contributed by atoms with E-state index in [9.17, 15) is 8.42 Å². The first-order valence-corrected chi connectivity index (χ1v) is 8.84. The van der Waals surface area contributed by atoms with Crippen molar-refractivity contribution in [2.45, 2.75) is 4.90 Å². The summed E-state index contributed by atoms with van der Waals surface area (Å²) in [4.78, 5) is 0.380. The Morgan fingerprint density at radius 1 is 0.870 bits per heavy atom. The highest BCUT2D eigenvalue weighted by Crippen LogP contribution is 2.41. The molecule has 0 aliphatic carbocycles. The third-order valence-electron chi connectivity index (χ3n) is 3.99. The van der Waals surface area contributed by atoms with Gasteiger partial charge in [-0.05, 0) is 29.7 Å². The van der Waals surface area contributed by atoms with Crippen LogP contribution in [0.15, 0.2) is 71.6 Å². The lowest BCUT2D eigenvalue weighted by Crippen LogP contribution is -2.31. The molecule has 0 fully saturated rings. The number of para-hydroxylation sites is 1. The van der Waals surface area contributed by atoms with Crippen LogP contribution in [0, 0.1) is 0 Å². The third-order valence-corrected chi connectivity index (χ3v) is 5.84. The van der Waals surface area contributed by atoms with E-state index in [2.05, 4.69) is 0 Å². The molecule has 3 aromatic rings. The third kappa shape index (κ3) is 2.24. The maximum Gasteiger partial charge on any atom is 0.265 e. The predicted molar refractivity (Wildman–Crippen MR) is 90.4 cm³/mol. The average molecular weight is 325 g/mol. The predicted octanol–water partition coefficient (Wildman–Crippen LogP) is 3.43. The number of anilines is 1. The average Bonchev–Trinajstić information content (AvgIpc) is 2.79. The maximum atomic E-state index is 12.8. The van der Waals surface area contributed by atoms with Crippen LogP contribution in [0.1, 0.15) is 0 Å². The number of benzene rings is 3. The van der Waals surface area contributed by atoms with Gasteiger partial charge < -0.3 is 4.74 Å². The summed E-state index contributed by atoms with van der Waals surface area (Å²) in [6.07, 6.45) is 0. The Morgan fingerprint density at radius 3 is 2.39 bits per heavy atom. The van der Waals surface area contributed by atoms with E-state index in [1.165, 1.54) is 4.31 Å². The Kier molecular flexibility index (Phi) is 3.23. The lowest BCUT2D eigenvalue weighted by Gasteiger charge is -2.19. The van der Waals surface area contributed by atoms with Gasteiger partial charge in [-0.25, -0.2) is 8.42 Å². The van der Waals surface area contributed by atoms with E-state index in [-0.39, 0.29) is 6.54 Å². The molecule has 3 aromatic carbocycles. The summed E-state index contributed by atoms with van der Waals surface area (Å²) < 4.78 is 32.6. The molecular weight excluding hydrogens is 310 g/mol. The summed E-state index contributed by atoms with van der Waals surface area (Å²) in [5.74, 6) is 0.736. The van der Waals surface area contributed by atoms with Crippen LogP contribution >= 0.6 is 0 Å². The molecule has 0 aromatic heterocycles. The van der Waals surface area contributed by atoms with Gasteiger partial charge >= 0.3 is 0 Å². The molecule has 0 saturated heterocycles. The quantitative estimate of drug-likeness (QED) is 0.738. The van der Waals surface area contributed by atoms with Crippen molar-refractivity contribution in [2.24, 2.45) is 0 Å². The van der Waals surface area contributed by atoms with E-state index in [4.69, 9.17) is 4.74 Å². The second kappa shape index (κ2) is 5.28. The number of sulfonamides is 1. The minimum absolute atomic E-state index is 0.283. The van der Waals surface area contributed by atoms with Crippen molar-refractivity contribution in [3.8, 4) is 5.75 Å². The Morgan fingerprint density at radius 2 is 1.61 bits per heavy atom. The summed E-state index contributed by atoms with van der Waals surface area (Å²) >= 11 is 0. The second-order valence-corrected chi connectivity index (χ2v) is 7.20. The van der Waals surface area contributed by atoms with E-state index in [1.54, 1.807) is 12.1 Å². The van der Waals surface area contributed by atoms with Gasteiger partial charge in [-0.2, -0.15) is 0 Å². The molecule has 116 valence electrons. The molecule has 4 rings (SSSR count). The van der Waals surface area contributed by atoms with Crippen molar-refractivity contribution in [2.75, 3.05) is 17.5 Å². The van der Waals surface area contributed by atoms with E-state index in [1.807, 2.05) is 54.6 Å². The van der Waals surface area contributed by atoms with Crippen molar-refractivity contribution in [3.63, 3.8) is 0 Å². The molecule has 1 aliphatic rings. The number of hydrogen-bond donors (Lipinski definition) is 0. The summed E-state index contributed by atoms with van der Waals surface area (Å²) in [7, 11) is -3.50. The van der Waals surface area contributed by atoms with Gasteiger partial charge in [-0.1, -0.05) is 42.5 Å². The number of hydrogen-bond acceptors (Lipinski definition) is 3. The SMILES string of the molecule is O=S1(=O)c2cccc3cccc(c23)N1CCOc1ccccc1. The molecule has 0 radical (unpaired) electrons. The minimum Gasteiger partial charge on any atom is -0.492 e. The molecule has 4 nitrogen and oxygen atoms in total. The normalized spacial score (nSPS) is 15.0. The standard InChI is InChI=1S/C18H15NO3S/c20-23(21)17-11-5-7-14-6-4-10-16(18(14)17)19(23)12-13-22-15-8-2-1-3-9-15/h1-11H,12-13H2. The zero-order valence-corrected chi connectivity index (χ0v) is 13.2. The van der Waals surface area contributed by atoms with Gasteiger partial charge in [0.25, 0.3) is 10.0 Å². The summed E-state index contributed by atoms with van der Waals surface area (Å²) in [6.45, 7) is 0.582. The Balaban J connectivity index is 1.64. The molecule has 23 heavy (non-hydrogen) atoms. The number of rotatable bonds is 4. The molecule has 0 unspecified atom stereocenters. The van der Waals surface area contributed by atoms with E-state index >= 15 is 0 Å². The fourth-order valence-corrected chi connectivity index (χ4v) is 4.66. The Bertz CT molecular complexity index is 963. The highest BCUT2D eigenvalue weighted by atomic mass is 32.2. The van der Waals surface area contributed by atoms with Crippen LogP contribution in [0.2, 0.25) is 0 Å². The zero-order valence-electron chi connectivity index (χ0n) is 12.3. The fourth-order valence-electron chi connectivity index (χ4n) is 2.96. The molecule has 0 amide bonds. The highest BCUT2D eigenvalue weighted by Gasteiger charge is 2.35.